The Balaban J connectivity index is 1.78. The number of carbonyl (C=O) groups excluding carboxylic acids is 1. The lowest BCUT2D eigenvalue weighted by Crippen LogP contribution is -2.40. The van der Waals surface area contributed by atoms with E-state index in [1.165, 1.54) is 18.2 Å². The minimum Gasteiger partial charge on any atom is -0.492 e. The van der Waals surface area contributed by atoms with Gasteiger partial charge in [-0.2, -0.15) is 4.98 Å². The molecule has 32 heavy (non-hydrogen) atoms. The molecule has 3 heterocycles. The largest absolute Gasteiger partial charge is 0.492 e. The van der Waals surface area contributed by atoms with E-state index in [0.717, 1.165) is 12.8 Å². The highest BCUT2D eigenvalue weighted by Gasteiger charge is 2.23. The SMILES string of the molecule is CC(C)C[C@@H]1COc2cc(C3=CCCCO3)nc(n2)NS(=O)(=O)c2cccc(c2)C(=O)N1. The molecule has 0 radical (unpaired) electrons. The zero-order valence-corrected chi connectivity index (χ0v) is 18.8. The lowest BCUT2D eigenvalue weighted by atomic mass is 10.0. The molecular formula is C22H26N4O5S. The first kappa shape index (κ1) is 22.1. The highest BCUT2D eigenvalue weighted by molar-refractivity contribution is 7.92. The summed E-state index contributed by atoms with van der Waals surface area (Å²) >= 11 is 0. The monoisotopic (exact) mass is 458 g/mol. The van der Waals surface area contributed by atoms with E-state index < -0.39 is 10.0 Å². The van der Waals surface area contributed by atoms with Crippen molar-refractivity contribution in [1.82, 2.24) is 15.3 Å². The number of sulfonamides is 1. The van der Waals surface area contributed by atoms with Crippen LogP contribution in [0.4, 0.5) is 5.95 Å². The molecule has 0 aliphatic carbocycles. The van der Waals surface area contributed by atoms with Crippen molar-refractivity contribution in [2.24, 2.45) is 5.92 Å². The van der Waals surface area contributed by atoms with Crippen LogP contribution in [-0.2, 0) is 14.8 Å². The van der Waals surface area contributed by atoms with Crippen molar-refractivity contribution in [3.63, 3.8) is 0 Å². The summed E-state index contributed by atoms with van der Waals surface area (Å²) in [6, 6.07) is 7.17. The molecule has 9 nitrogen and oxygen atoms in total. The van der Waals surface area contributed by atoms with Crippen LogP contribution in [0, 0.1) is 5.92 Å². The molecular weight excluding hydrogens is 432 g/mol. The van der Waals surface area contributed by atoms with E-state index in [9.17, 15) is 13.2 Å². The van der Waals surface area contributed by atoms with Crippen LogP contribution in [0.1, 0.15) is 49.2 Å². The number of nitrogens with one attached hydrogen (secondary N) is 2. The molecule has 0 spiro atoms. The zero-order valence-electron chi connectivity index (χ0n) is 18.0. The number of amides is 1. The van der Waals surface area contributed by atoms with E-state index >= 15 is 0 Å². The standard InChI is InChI=1S/C22H26N4O5S/c1-14(2)10-16-13-31-20-12-18(19-8-3-4-9-30-19)24-22(25-20)26-32(28,29)17-7-5-6-15(11-17)21(27)23-16/h5-8,11-12,14,16H,3-4,9-10,13H2,1-2H3,(H,23,27)(H,24,25,26)/t16-/m1/s1. The Labute approximate surface area is 187 Å². The summed E-state index contributed by atoms with van der Waals surface area (Å²) in [5, 5.41) is 2.95. The molecule has 1 aromatic carbocycles. The van der Waals surface area contributed by atoms with Gasteiger partial charge in [-0.25, -0.2) is 18.1 Å². The van der Waals surface area contributed by atoms with E-state index in [-0.39, 0.29) is 40.8 Å². The molecule has 0 saturated heterocycles. The van der Waals surface area contributed by atoms with Gasteiger partial charge >= 0.3 is 0 Å². The summed E-state index contributed by atoms with van der Waals surface area (Å²) in [6.07, 6.45) is 4.34. The summed E-state index contributed by atoms with van der Waals surface area (Å²) < 4.78 is 39.9. The molecule has 0 fully saturated rings. The molecule has 10 heteroatoms. The lowest BCUT2D eigenvalue weighted by Gasteiger charge is -2.21. The highest BCUT2D eigenvalue weighted by Crippen LogP contribution is 2.25. The van der Waals surface area contributed by atoms with Crippen LogP contribution in [0.5, 0.6) is 5.88 Å². The Morgan fingerprint density at radius 2 is 2.03 bits per heavy atom. The number of hydrogen-bond donors (Lipinski definition) is 2. The van der Waals surface area contributed by atoms with Crippen LogP contribution in [0.25, 0.3) is 5.76 Å². The molecule has 4 rings (SSSR count). The molecule has 0 unspecified atom stereocenters. The van der Waals surface area contributed by atoms with Gasteiger partial charge in [0.05, 0.1) is 17.5 Å². The second-order valence-corrected chi connectivity index (χ2v) is 9.90. The van der Waals surface area contributed by atoms with Gasteiger partial charge in [0.1, 0.15) is 18.1 Å². The minimum atomic E-state index is -4.03. The predicted molar refractivity (Wildman–Crippen MR) is 119 cm³/mol. The molecule has 1 aromatic heterocycles. The number of carbonyl (C=O) groups is 1. The van der Waals surface area contributed by atoms with E-state index in [4.69, 9.17) is 9.47 Å². The summed E-state index contributed by atoms with van der Waals surface area (Å²) in [6.45, 7) is 4.84. The number of benzene rings is 1. The Morgan fingerprint density at radius 1 is 1.19 bits per heavy atom. The van der Waals surface area contributed by atoms with Crippen molar-refractivity contribution in [2.45, 2.75) is 44.0 Å². The topological polar surface area (TPSA) is 120 Å². The van der Waals surface area contributed by atoms with Crippen LogP contribution in [-0.4, -0.2) is 43.5 Å². The molecule has 1 atom stereocenters. The molecule has 2 aromatic rings. The number of ether oxygens (including phenoxy) is 2. The van der Waals surface area contributed by atoms with Gasteiger partial charge in [0.15, 0.2) is 0 Å². The molecule has 2 aliphatic rings. The predicted octanol–water partition coefficient (Wildman–Crippen LogP) is 2.97. The molecule has 4 bridgehead atoms. The molecule has 2 aliphatic heterocycles. The van der Waals surface area contributed by atoms with Gasteiger partial charge in [-0.1, -0.05) is 19.9 Å². The number of allylic oxidation sites excluding steroid dienone is 1. The second-order valence-electron chi connectivity index (χ2n) is 8.22. The Bertz CT molecular complexity index is 1150. The molecule has 1 amide bonds. The maximum absolute atomic E-state index is 13.0. The van der Waals surface area contributed by atoms with Crippen LogP contribution in [0.3, 0.4) is 0 Å². The summed E-state index contributed by atoms with van der Waals surface area (Å²) in [4.78, 5) is 21.3. The third-order valence-corrected chi connectivity index (χ3v) is 6.37. The average Bonchev–Trinajstić information content (AvgIpc) is 2.77. The van der Waals surface area contributed by atoms with Gasteiger partial charge in [0, 0.05) is 11.6 Å². The van der Waals surface area contributed by atoms with Gasteiger partial charge in [-0.05, 0) is 49.5 Å². The first-order chi connectivity index (χ1) is 15.3. The van der Waals surface area contributed by atoms with Crippen molar-refractivity contribution in [3.05, 3.63) is 47.7 Å². The molecule has 170 valence electrons. The normalized spacial score (nSPS) is 20.3. The van der Waals surface area contributed by atoms with Crippen molar-refractivity contribution in [2.75, 3.05) is 17.9 Å². The minimum absolute atomic E-state index is 0.0607. The van der Waals surface area contributed by atoms with Gasteiger partial charge in [0.25, 0.3) is 15.9 Å². The van der Waals surface area contributed by atoms with Gasteiger partial charge < -0.3 is 14.8 Å². The summed E-state index contributed by atoms with van der Waals surface area (Å²) in [7, 11) is -4.03. The van der Waals surface area contributed by atoms with Crippen molar-refractivity contribution in [3.8, 4) is 5.88 Å². The number of hydrogen-bond acceptors (Lipinski definition) is 7. The van der Waals surface area contributed by atoms with Crippen LogP contribution in [0.2, 0.25) is 0 Å². The Kier molecular flexibility index (Phi) is 6.31. The van der Waals surface area contributed by atoms with Crippen LogP contribution in [0.15, 0.2) is 41.3 Å². The number of nitrogens with zero attached hydrogens (tertiary/aromatic N) is 2. The summed E-state index contributed by atoms with van der Waals surface area (Å²) in [5.41, 5.74) is 0.676. The average molecular weight is 459 g/mol. The maximum Gasteiger partial charge on any atom is 0.264 e. The van der Waals surface area contributed by atoms with Crippen LogP contribution >= 0.6 is 0 Å². The third kappa shape index (κ3) is 5.18. The van der Waals surface area contributed by atoms with Gasteiger partial charge in [0.2, 0.25) is 11.8 Å². The van der Waals surface area contributed by atoms with Crippen molar-refractivity contribution >= 4 is 27.6 Å². The summed E-state index contributed by atoms with van der Waals surface area (Å²) in [5.74, 6) is 0.566. The lowest BCUT2D eigenvalue weighted by molar-refractivity contribution is 0.0913. The Morgan fingerprint density at radius 3 is 2.78 bits per heavy atom. The quantitative estimate of drug-likeness (QED) is 0.726. The van der Waals surface area contributed by atoms with Crippen LogP contribution < -0.4 is 14.8 Å². The van der Waals surface area contributed by atoms with Crippen molar-refractivity contribution < 1.29 is 22.7 Å². The first-order valence-electron chi connectivity index (χ1n) is 10.6. The van der Waals surface area contributed by atoms with Gasteiger partial charge in [-0.15, -0.1) is 0 Å². The fraction of sp³-hybridized carbons (Fsp3) is 0.409. The molecule has 0 saturated carbocycles. The third-order valence-electron chi connectivity index (χ3n) is 5.05. The van der Waals surface area contributed by atoms with Gasteiger partial charge in [-0.3, -0.25) is 4.79 Å². The van der Waals surface area contributed by atoms with E-state index in [1.807, 2.05) is 6.08 Å². The maximum atomic E-state index is 13.0. The number of aromatic nitrogens is 2. The highest BCUT2D eigenvalue weighted by atomic mass is 32.2. The second kappa shape index (κ2) is 9.15. The zero-order chi connectivity index (χ0) is 22.7. The fourth-order valence-corrected chi connectivity index (χ4v) is 4.57. The smallest absolute Gasteiger partial charge is 0.264 e. The fourth-order valence-electron chi connectivity index (χ4n) is 3.58. The molecule has 2 N–H and O–H groups in total. The number of rotatable bonds is 3. The first-order valence-corrected chi connectivity index (χ1v) is 12.1. The number of anilines is 1. The number of fused-ring (bicyclic) bond motifs is 4. The van der Waals surface area contributed by atoms with E-state index in [0.29, 0.717) is 30.4 Å². The Hall–Kier alpha value is -3.14. The van der Waals surface area contributed by atoms with E-state index in [2.05, 4.69) is 33.9 Å². The van der Waals surface area contributed by atoms with E-state index in [1.54, 1.807) is 12.1 Å². The van der Waals surface area contributed by atoms with Crippen molar-refractivity contribution in [1.29, 1.82) is 0 Å².